The Hall–Kier alpha value is -4.21. The van der Waals surface area contributed by atoms with Gasteiger partial charge in [0.15, 0.2) is 0 Å². The molecule has 232 valence electrons. The normalized spacial score (nSPS) is 19.2. The zero-order chi connectivity index (χ0) is 30.6. The smallest absolute Gasteiger partial charge is 0.241 e. The van der Waals surface area contributed by atoms with Gasteiger partial charge < -0.3 is 15.1 Å². The van der Waals surface area contributed by atoms with Gasteiger partial charge in [0, 0.05) is 55.7 Å². The van der Waals surface area contributed by atoms with Gasteiger partial charge in [-0.25, -0.2) is 18.1 Å². The van der Waals surface area contributed by atoms with Gasteiger partial charge in [0.1, 0.15) is 5.82 Å². The molecule has 0 amide bonds. The van der Waals surface area contributed by atoms with Gasteiger partial charge in [-0.15, -0.1) is 0 Å². The standard InChI is InChI=1S/C36H40N6O2S/c43-45(44,34-16-8-10-29-9-4-5-13-31(29)34)38-26-28-19-17-27(18-20-28)25-37-36-39-33-15-7-6-14-32(33)35(40-36)42-23-21-41(22-24-42)30-11-2-1-3-12-30/h1-16,27-28,38H,17-26H2,(H,37,39,40)/t27-,28-. The molecule has 1 aromatic heterocycles. The summed E-state index contributed by atoms with van der Waals surface area (Å²) in [5.74, 6) is 2.52. The molecule has 5 aromatic rings. The van der Waals surface area contributed by atoms with Crippen LogP contribution in [-0.4, -0.2) is 57.7 Å². The molecular weight excluding hydrogens is 581 g/mol. The van der Waals surface area contributed by atoms with Crippen LogP contribution in [0.25, 0.3) is 21.7 Å². The molecule has 7 rings (SSSR count). The fraction of sp³-hybridized carbons (Fsp3) is 0.333. The van der Waals surface area contributed by atoms with E-state index in [1.54, 1.807) is 6.07 Å². The van der Waals surface area contributed by atoms with E-state index in [9.17, 15) is 8.42 Å². The largest absolute Gasteiger partial charge is 0.368 e. The average Bonchev–Trinajstić information content (AvgIpc) is 3.10. The molecule has 1 saturated heterocycles. The Morgan fingerprint density at radius 2 is 1.27 bits per heavy atom. The highest BCUT2D eigenvalue weighted by Crippen LogP contribution is 2.31. The van der Waals surface area contributed by atoms with Crippen LogP contribution >= 0.6 is 0 Å². The zero-order valence-electron chi connectivity index (χ0n) is 25.5. The Kier molecular flexibility index (Phi) is 8.54. The highest BCUT2D eigenvalue weighted by Gasteiger charge is 2.25. The molecule has 2 heterocycles. The van der Waals surface area contributed by atoms with E-state index in [1.165, 1.54) is 5.69 Å². The van der Waals surface area contributed by atoms with Gasteiger partial charge in [-0.3, -0.25) is 0 Å². The minimum Gasteiger partial charge on any atom is -0.368 e. The molecule has 2 aliphatic rings. The Balaban J connectivity index is 0.945. The number of rotatable bonds is 9. The SMILES string of the molecule is O=S(=O)(NC[C@H]1CC[C@H](CNc2nc(N3CCN(c4ccccc4)CC3)c3ccccc3n2)CC1)c1cccc2ccccc12. The Morgan fingerprint density at radius 1 is 0.644 bits per heavy atom. The summed E-state index contributed by atoms with van der Waals surface area (Å²) >= 11 is 0. The fourth-order valence-corrected chi connectivity index (χ4v) is 8.15. The molecule has 9 heteroatoms. The van der Waals surface area contributed by atoms with Gasteiger partial charge in [-0.05, 0) is 73.2 Å². The molecule has 0 radical (unpaired) electrons. The molecule has 1 aliphatic carbocycles. The number of hydrogen-bond donors (Lipinski definition) is 2. The van der Waals surface area contributed by atoms with Crippen molar-refractivity contribution in [1.82, 2.24) is 14.7 Å². The van der Waals surface area contributed by atoms with E-state index < -0.39 is 10.0 Å². The number of fused-ring (bicyclic) bond motifs is 2. The number of para-hydroxylation sites is 2. The quantitative estimate of drug-likeness (QED) is 0.200. The number of hydrogen-bond acceptors (Lipinski definition) is 7. The van der Waals surface area contributed by atoms with Crippen LogP contribution < -0.4 is 19.8 Å². The number of nitrogens with zero attached hydrogens (tertiary/aromatic N) is 4. The molecule has 0 bridgehead atoms. The summed E-state index contributed by atoms with van der Waals surface area (Å²) in [6, 6.07) is 32.0. The predicted molar refractivity (Wildman–Crippen MR) is 183 cm³/mol. The van der Waals surface area contributed by atoms with Crippen molar-refractivity contribution in [1.29, 1.82) is 0 Å². The van der Waals surface area contributed by atoms with E-state index in [0.29, 0.717) is 29.2 Å². The van der Waals surface area contributed by atoms with Crippen molar-refractivity contribution in [2.24, 2.45) is 11.8 Å². The monoisotopic (exact) mass is 620 g/mol. The molecule has 45 heavy (non-hydrogen) atoms. The molecule has 2 fully saturated rings. The lowest BCUT2D eigenvalue weighted by Crippen LogP contribution is -2.47. The predicted octanol–water partition coefficient (Wildman–Crippen LogP) is 6.31. The molecule has 0 spiro atoms. The molecule has 0 unspecified atom stereocenters. The lowest BCUT2D eigenvalue weighted by molar-refractivity contribution is 0.284. The molecule has 8 nitrogen and oxygen atoms in total. The second-order valence-corrected chi connectivity index (χ2v) is 14.0. The number of sulfonamides is 1. The third kappa shape index (κ3) is 6.60. The summed E-state index contributed by atoms with van der Waals surface area (Å²) in [4.78, 5) is 15.1. The molecule has 0 atom stereocenters. The lowest BCUT2D eigenvalue weighted by Gasteiger charge is -2.37. The first-order valence-corrected chi connectivity index (χ1v) is 17.5. The number of piperazine rings is 1. The van der Waals surface area contributed by atoms with Gasteiger partial charge in [0.25, 0.3) is 0 Å². The van der Waals surface area contributed by atoms with Crippen LogP contribution in [0.2, 0.25) is 0 Å². The van der Waals surface area contributed by atoms with Crippen LogP contribution in [0, 0.1) is 11.8 Å². The van der Waals surface area contributed by atoms with Crippen LogP contribution in [0.4, 0.5) is 17.5 Å². The van der Waals surface area contributed by atoms with Crippen molar-refractivity contribution < 1.29 is 8.42 Å². The number of anilines is 3. The first-order valence-electron chi connectivity index (χ1n) is 16.1. The maximum Gasteiger partial charge on any atom is 0.241 e. The van der Waals surface area contributed by atoms with Crippen molar-refractivity contribution in [3.8, 4) is 0 Å². The highest BCUT2D eigenvalue weighted by molar-refractivity contribution is 7.89. The second kappa shape index (κ2) is 13.0. The molecule has 1 saturated carbocycles. The van der Waals surface area contributed by atoms with E-state index in [2.05, 4.69) is 68.4 Å². The summed E-state index contributed by atoms with van der Waals surface area (Å²) in [5, 5.41) is 6.34. The van der Waals surface area contributed by atoms with Crippen LogP contribution in [0.15, 0.2) is 102 Å². The van der Waals surface area contributed by atoms with E-state index >= 15 is 0 Å². The van der Waals surface area contributed by atoms with Gasteiger partial charge in [0.05, 0.1) is 10.4 Å². The zero-order valence-corrected chi connectivity index (χ0v) is 26.3. The van der Waals surface area contributed by atoms with Crippen LogP contribution in [-0.2, 0) is 10.0 Å². The first-order chi connectivity index (χ1) is 22.0. The topological polar surface area (TPSA) is 90.5 Å². The lowest BCUT2D eigenvalue weighted by atomic mass is 9.82. The molecule has 4 aromatic carbocycles. The van der Waals surface area contributed by atoms with Crippen LogP contribution in [0.3, 0.4) is 0 Å². The maximum absolute atomic E-state index is 13.2. The van der Waals surface area contributed by atoms with Gasteiger partial charge >= 0.3 is 0 Å². The summed E-state index contributed by atoms with van der Waals surface area (Å²) in [6.45, 7) is 5.00. The van der Waals surface area contributed by atoms with Gasteiger partial charge in [-0.2, -0.15) is 4.98 Å². The third-order valence-corrected chi connectivity index (χ3v) is 10.9. The minimum atomic E-state index is -3.58. The van der Waals surface area contributed by atoms with Crippen LogP contribution in [0.5, 0.6) is 0 Å². The second-order valence-electron chi connectivity index (χ2n) is 12.3. The molecular formula is C36H40N6O2S. The summed E-state index contributed by atoms with van der Waals surface area (Å²) < 4.78 is 29.3. The Labute approximate surface area is 265 Å². The van der Waals surface area contributed by atoms with Gasteiger partial charge in [0.2, 0.25) is 16.0 Å². The Bertz CT molecular complexity index is 1860. The minimum absolute atomic E-state index is 0.337. The number of nitrogens with one attached hydrogen (secondary N) is 2. The number of aromatic nitrogens is 2. The summed E-state index contributed by atoms with van der Waals surface area (Å²) in [7, 11) is -3.58. The fourth-order valence-electron chi connectivity index (χ4n) is 6.81. The average molecular weight is 621 g/mol. The van der Waals surface area contributed by atoms with Crippen molar-refractivity contribution in [3.05, 3.63) is 97.1 Å². The molecule has 2 N–H and O–H groups in total. The van der Waals surface area contributed by atoms with Crippen LogP contribution in [0.1, 0.15) is 25.7 Å². The summed E-state index contributed by atoms with van der Waals surface area (Å²) in [5.41, 5.74) is 2.22. The summed E-state index contributed by atoms with van der Waals surface area (Å²) in [6.07, 6.45) is 4.10. The van der Waals surface area contributed by atoms with Gasteiger partial charge in [-0.1, -0.05) is 66.7 Å². The maximum atomic E-state index is 13.2. The highest BCUT2D eigenvalue weighted by atomic mass is 32.2. The number of benzene rings is 4. The van der Waals surface area contributed by atoms with Crippen molar-refractivity contribution in [2.75, 3.05) is 54.4 Å². The van der Waals surface area contributed by atoms with E-state index in [0.717, 1.165) is 85.9 Å². The van der Waals surface area contributed by atoms with E-state index in [-0.39, 0.29) is 0 Å². The van der Waals surface area contributed by atoms with E-state index in [4.69, 9.17) is 9.97 Å². The van der Waals surface area contributed by atoms with Crippen molar-refractivity contribution >= 4 is 49.2 Å². The van der Waals surface area contributed by atoms with E-state index in [1.807, 2.05) is 42.5 Å². The van der Waals surface area contributed by atoms with Crippen molar-refractivity contribution in [3.63, 3.8) is 0 Å². The molecule has 1 aliphatic heterocycles. The Morgan fingerprint density at radius 3 is 2.04 bits per heavy atom. The van der Waals surface area contributed by atoms with Crippen molar-refractivity contribution in [2.45, 2.75) is 30.6 Å². The first kappa shape index (κ1) is 29.5. The third-order valence-electron chi connectivity index (χ3n) is 9.40.